The van der Waals surface area contributed by atoms with E-state index in [1.807, 2.05) is 0 Å². The van der Waals surface area contributed by atoms with Gasteiger partial charge < -0.3 is 23.8 Å². The minimum atomic E-state index is -0.403. The number of nitrogens with zero attached hydrogens (tertiary/aromatic N) is 1. The molecule has 5 heteroatoms. The fraction of sp³-hybridized carbons (Fsp3) is 0.714. The number of methoxy groups -OCH3 is 2. The van der Waals surface area contributed by atoms with Gasteiger partial charge in [-0.05, 0) is 50.4 Å². The van der Waals surface area contributed by atoms with Crippen molar-refractivity contribution in [2.75, 3.05) is 41.0 Å². The number of likely N-dealkylation sites (N-methyl/N-ethyl adjacent to an activating group) is 1. The van der Waals surface area contributed by atoms with Crippen LogP contribution in [0.5, 0.6) is 11.5 Å². The number of piperidine rings is 1. The zero-order valence-electron chi connectivity index (χ0n) is 16.0. The highest BCUT2D eigenvalue weighted by Crippen LogP contribution is 2.61. The topological polar surface area (TPSA) is 40.2 Å². The van der Waals surface area contributed by atoms with Crippen LogP contribution in [0.25, 0.3) is 0 Å². The molecule has 2 saturated heterocycles. The summed E-state index contributed by atoms with van der Waals surface area (Å²) in [7, 11) is 5.78. The molecule has 26 heavy (non-hydrogen) atoms. The molecule has 1 unspecified atom stereocenters. The molecular weight excluding hydrogens is 330 g/mol. The third-order valence-corrected chi connectivity index (χ3v) is 7.44. The molecule has 0 amide bonds. The molecule has 2 aliphatic carbocycles. The molecular formula is C21H29NO4. The maximum Gasteiger partial charge on any atom is 0.169 e. The maximum absolute atomic E-state index is 6.18. The Kier molecular flexibility index (Phi) is 3.79. The largest absolute Gasteiger partial charge is 0.493 e. The standard InChI is InChI=1S/C21H29NO4/c1-22-9-8-20-13-21(25-10-11-26-21)7-6-15(20)16(22)12-14-4-5-17(23-2)19(24-3)18(14)20/h4-5,15-16H,6-13H2,1-3H3/t15?,16-,20+/m1/s1. The minimum Gasteiger partial charge on any atom is -0.493 e. The van der Waals surface area contributed by atoms with E-state index in [2.05, 4.69) is 24.1 Å². The zero-order valence-corrected chi connectivity index (χ0v) is 16.0. The van der Waals surface area contributed by atoms with Crippen LogP contribution < -0.4 is 9.47 Å². The van der Waals surface area contributed by atoms with Crippen LogP contribution in [0, 0.1) is 5.92 Å². The Morgan fingerprint density at radius 3 is 2.65 bits per heavy atom. The van der Waals surface area contributed by atoms with Crippen LogP contribution in [0.15, 0.2) is 12.1 Å². The van der Waals surface area contributed by atoms with Crippen molar-refractivity contribution < 1.29 is 18.9 Å². The van der Waals surface area contributed by atoms with Gasteiger partial charge in [0, 0.05) is 29.9 Å². The van der Waals surface area contributed by atoms with Crippen molar-refractivity contribution in [2.45, 2.75) is 49.3 Å². The van der Waals surface area contributed by atoms with Gasteiger partial charge in [0.05, 0.1) is 27.4 Å². The van der Waals surface area contributed by atoms with Crippen LogP contribution >= 0.6 is 0 Å². The van der Waals surface area contributed by atoms with E-state index in [1.54, 1.807) is 14.2 Å². The first-order valence-electron chi connectivity index (χ1n) is 9.85. The van der Waals surface area contributed by atoms with E-state index in [9.17, 15) is 0 Å². The Balaban J connectivity index is 1.71. The normalized spacial score (nSPS) is 35.0. The fourth-order valence-electron chi connectivity index (χ4n) is 6.38. The second-order valence-electron chi connectivity index (χ2n) is 8.42. The molecule has 5 rings (SSSR count). The van der Waals surface area contributed by atoms with Gasteiger partial charge in [0.25, 0.3) is 0 Å². The molecule has 4 aliphatic rings. The number of rotatable bonds is 2. The fourth-order valence-corrected chi connectivity index (χ4v) is 6.38. The summed E-state index contributed by atoms with van der Waals surface area (Å²) in [5.41, 5.74) is 2.82. The Hall–Kier alpha value is -1.30. The molecule has 2 heterocycles. The van der Waals surface area contributed by atoms with Gasteiger partial charge in [-0.15, -0.1) is 0 Å². The number of hydrogen-bond donors (Lipinski definition) is 0. The van der Waals surface area contributed by atoms with E-state index in [-0.39, 0.29) is 5.41 Å². The first-order valence-corrected chi connectivity index (χ1v) is 9.85. The monoisotopic (exact) mass is 359 g/mol. The van der Waals surface area contributed by atoms with Crippen LogP contribution in [0.1, 0.15) is 36.8 Å². The van der Waals surface area contributed by atoms with Crippen LogP contribution in [0.2, 0.25) is 0 Å². The van der Waals surface area contributed by atoms with E-state index in [1.165, 1.54) is 11.1 Å². The molecule has 1 saturated carbocycles. The highest BCUT2D eigenvalue weighted by molar-refractivity contribution is 5.57. The molecule has 142 valence electrons. The molecule has 1 spiro atoms. The average molecular weight is 359 g/mol. The van der Waals surface area contributed by atoms with Crippen molar-refractivity contribution in [1.82, 2.24) is 4.90 Å². The Morgan fingerprint density at radius 2 is 1.92 bits per heavy atom. The molecule has 0 N–H and O–H groups in total. The lowest BCUT2D eigenvalue weighted by Gasteiger charge is -2.61. The smallest absolute Gasteiger partial charge is 0.169 e. The van der Waals surface area contributed by atoms with Gasteiger partial charge in [-0.25, -0.2) is 0 Å². The average Bonchev–Trinajstić information content (AvgIpc) is 3.11. The van der Waals surface area contributed by atoms with E-state index < -0.39 is 5.79 Å². The second-order valence-corrected chi connectivity index (χ2v) is 8.42. The van der Waals surface area contributed by atoms with E-state index in [0.29, 0.717) is 25.2 Å². The van der Waals surface area contributed by atoms with Gasteiger partial charge >= 0.3 is 0 Å². The van der Waals surface area contributed by atoms with Crippen LogP contribution in [-0.2, 0) is 21.3 Å². The molecule has 2 aliphatic heterocycles. The van der Waals surface area contributed by atoms with Crippen molar-refractivity contribution in [3.63, 3.8) is 0 Å². The minimum absolute atomic E-state index is 0.0488. The Bertz CT molecular complexity index is 714. The van der Waals surface area contributed by atoms with Gasteiger partial charge in [0.1, 0.15) is 0 Å². The molecule has 0 aromatic heterocycles. The lowest BCUT2D eigenvalue weighted by atomic mass is 9.51. The van der Waals surface area contributed by atoms with Crippen LogP contribution in [-0.4, -0.2) is 57.8 Å². The molecule has 2 bridgehead atoms. The Labute approximate surface area is 155 Å². The number of hydrogen-bond acceptors (Lipinski definition) is 5. The summed E-state index contributed by atoms with van der Waals surface area (Å²) in [6.45, 7) is 2.54. The van der Waals surface area contributed by atoms with E-state index in [4.69, 9.17) is 18.9 Å². The quantitative estimate of drug-likeness (QED) is 0.812. The van der Waals surface area contributed by atoms with Crippen molar-refractivity contribution in [3.8, 4) is 11.5 Å². The Morgan fingerprint density at radius 1 is 1.12 bits per heavy atom. The third-order valence-electron chi connectivity index (χ3n) is 7.44. The van der Waals surface area contributed by atoms with E-state index >= 15 is 0 Å². The van der Waals surface area contributed by atoms with Crippen molar-refractivity contribution in [1.29, 1.82) is 0 Å². The number of likely N-dealkylation sites (tertiary alicyclic amines) is 1. The molecule has 5 nitrogen and oxygen atoms in total. The maximum atomic E-state index is 6.18. The summed E-state index contributed by atoms with van der Waals surface area (Å²) in [5, 5.41) is 0. The van der Waals surface area contributed by atoms with Gasteiger partial charge in [0.15, 0.2) is 17.3 Å². The summed E-state index contributed by atoms with van der Waals surface area (Å²) in [6, 6.07) is 4.90. The predicted octanol–water partition coefficient (Wildman–Crippen LogP) is 2.75. The van der Waals surface area contributed by atoms with Gasteiger partial charge in [-0.3, -0.25) is 0 Å². The summed E-state index contributed by atoms with van der Waals surface area (Å²) in [4.78, 5) is 2.57. The van der Waals surface area contributed by atoms with Gasteiger partial charge in [-0.1, -0.05) is 6.07 Å². The van der Waals surface area contributed by atoms with Crippen molar-refractivity contribution >= 4 is 0 Å². The zero-order chi connectivity index (χ0) is 17.9. The second kappa shape index (κ2) is 5.85. The number of ether oxygens (including phenoxy) is 4. The summed E-state index contributed by atoms with van der Waals surface area (Å²) >= 11 is 0. The molecule has 3 atom stereocenters. The highest BCUT2D eigenvalue weighted by Gasteiger charge is 2.61. The lowest BCUT2D eigenvalue weighted by Crippen LogP contribution is -2.63. The van der Waals surface area contributed by atoms with E-state index in [0.717, 1.165) is 50.1 Å². The van der Waals surface area contributed by atoms with Gasteiger partial charge in [-0.2, -0.15) is 0 Å². The van der Waals surface area contributed by atoms with Crippen molar-refractivity contribution in [2.24, 2.45) is 5.92 Å². The third kappa shape index (κ3) is 2.14. The first-order chi connectivity index (χ1) is 12.6. The molecule has 1 aromatic rings. The lowest BCUT2D eigenvalue weighted by molar-refractivity contribution is -0.213. The summed E-state index contributed by atoms with van der Waals surface area (Å²) < 4.78 is 23.9. The number of fused-ring (bicyclic) bond motifs is 1. The summed E-state index contributed by atoms with van der Waals surface area (Å²) in [5.74, 6) is 1.98. The molecule has 3 fully saturated rings. The van der Waals surface area contributed by atoms with Crippen LogP contribution in [0.4, 0.5) is 0 Å². The highest BCUT2D eigenvalue weighted by atomic mass is 16.7. The van der Waals surface area contributed by atoms with Crippen LogP contribution in [0.3, 0.4) is 0 Å². The number of benzene rings is 1. The predicted molar refractivity (Wildman–Crippen MR) is 97.9 cm³/mol. The first kappa shape index (κ1) is 16.8. The SMILES string of the molecule is COc1ccc2c(c1OC)[C@]13CCN(C)[C@H](C2)C1CCC1(C3)OCCO1. The summed E-state index contributed by atoms with van der Waals surface area (Å²) in [6.07, 6.45) is 5.30. The molecule has 1 aromatic carbocycles. The van der Waals surface area contributed by atoms with Gasteiger partial charge in [0.2, 0.25) is 0 Å². The molecule has 0 radical (unpaired) electrons. The van der Waals surface area contributed by atoms with Crippen molar-refractivity contribution in [3.05, 3.63) is 23.3 Å².